The van der Waals surface area contributed by atoms with Gasteiger partial charge >= 0.3 is 0 Å². The summed E-state index contributed by atoms with van der Waals surface area (Å²) in [5, 5.41) is 0. The Balaban J connectivity index is 2.13. The Morgan fingerprint density at radius 1 is 0.944 bits per heavy atom. The van der Waals surface area contributed by atoms with Crippen LogP contribution < -0.4 is 0 Å². The van der Waals surface area contributed by atoms with Gasteiger partial charge in [0.1, 0.15) is 0 Å². The van der Waals surface area contributed by atoms with Gasteiger partial charge in [0.2, 0.25) is 0 Å². The van der Waals surface area contributed by atoms with Gasteiger partial charge in [-0.05, 0) is 17.4 Å². The molecule has 0 fully saturated rings. The summed E-state index contributed by atoms with van der Waals surface area (Å²) in [5.74, 6) is 1.11. The fourth-order valence-corrected chi connectivity index (χ4v) is 2.21. The highest BCUT2D eigenvalue weighted by Crippen LogP contribution is 2.19. The molecule has 18 heavy (non-hydrogen) atoms. The van der Waals surface area contributed by atoms with E-state index in [1.807, 2.05) is 48.7 Å². The minimum absolute atomic E-state index is 0.226. The van der Waals surface area contributed by atoms with Crippen LogP contribution in [0.25, 0.3) is 11.1 Å². The van der Waals surface area contributed by atoms with Crippen LogP contribution >= 0.6 is 11.8 Å². The average molecular weight is 256 g/mol. The third-order valence-corrected chi connectivity index (χ3v) is 3.46. The van der Waals surface area contributed by atoms with Gasteiger partial charge in [-0.1, -0.05) is 54.6 Å². The molecule has 0 aromatic heterocycles. The molecule has 0 aliphatic heterocycles. The van der Waals surface area contributed by atoms with Crippen molar-refractivity contribution in [1.29, 1.82) is 0 Å². The van der Waals surface area contributed by atoms with Gasteiger partial charge in [-0.2, -0.15) is 11.8 Å². The van der Waals surface area contributed by atoms with Crippen LogP contribution in [0.3, 0.4) is 0 Å². The number of carbonyl (C=O) groups is 1. The summed E-state index contributed by atoms with van der Waals surface area (Å²) in [7, 11) is 0. The highest BCUT2D eigenvalue weighted by Gasteiger charge is 2.05. The Bertz CT molecular complexity index is 502. The molecule has 2 aromatic carbocycles. The van der Waals surface area contributed by atoms with Crippen molar-refractivity contribution < 1.29 is 4.79 Å². The zero-order valence-corrected chi connectivity index (χ0v) is 11.2. The maximum Gasteiger partial charge on any atom is 0.163 e. The van der Waals surface area contributed by atoms with Gasteiger partial charge in [0, 0.05) is 17.7 Å². The van der Waals surface area contributed by atoms with E-state index in [4.69, 9.17) is 0 Å². The van der Waals surface area contributed by atoms with Gasteiger partial charge in [0.05, 0.1) is 0 Å². The van der Waals surface area contributed by atoms with Gasteiger partial charge in [-0.15, -0.1) is 0 Å². The summed E-state index contributed by atoms with van der Waals surface area (Å²) in [6, 6.07) is 18.1. The summed E-state index contributed by atoms with van der Waals surface area (Å²) in [5.41, 5.74) is 3.14. The number of carbonyl (C=O) groups excluding carboxylic acids is 1. The molecule has 0 saturated carbocycles. The predicted molar refractivity (Wildman–Crippen MR) is 79.2 cm³/mol. The van der Waals surface area contributed by atoms with Crippen LogP contribution in [0.2, 0.25) is 0 Å². The summed E-state index contributed by atoms with van der Waals surface area (Å²) >= 11 is 1.70. The minimum atomic E-state index is 0.226. The SMILES string of the molecule is CSCCC(=O)c1ccc(-c2ccccc2)cc1. The number of ketones is 1. The molecule has 2 aromatic rings. The molecule has 0 unspecified atom stereocenters. The van der Waals surface area contributed by atoms with Crippen molar-refractivity contribution in [3.8, 4) is 11.1 Å². The Kier molecular flexibility index (Phi) is 4.59. The van der Waals surface area contributed by atoms with Crippen LogP contribution in [-0.2, 0) is 0 Å². The summed E-state index contributed by atoms with van der Waals surface area (Å²) in [4.78, 5) is 11.8. The van der Waals surface area contributed by atoms with Crippen LogP contribution in [0, 0.1) is 0 Å². The molecule has 0 heterocycles. The lowest BCUT2D eigenvalue weighted by Crippen LogP contribution is -1.99. The van der Waals surface area contributed by atoms with E-state index in [9.17, 15) is 4.79 Å². The second-order valence-electron chi connectivity index (χ2n) is 4.11. The lowest BCUT2D eigenvalue weighted by atomic mass is 10.0. The Labute approximate surface area is 112 Å². The zero-order chi connectivity index (χ0) is 12.8. The zero-order valence-electron chi connectivity index (χ0n) is 10.4. The Morgan fingerprint density at radius 3 is 2.17 bits per heavy atom. The maximum atomic E-state index is 11.8. The number of rotatable bonds is 5. The molecular formula is C16H16OS. The van der Waals surface area contributed by atoms with Gasteiger partial charge in [0.25, 0.3) is 0 Å². The van der Waals surface area contributed by atoms with Crippen molar-refractivity contribution in [2.75, 3.05) is 12.0 Å². The first-order valence-corrected chi connectivity index (χ1v) is 7.38. The predicted octanol–water partition coefficient (Wildman–Crippen LogP) is 4.29. The third kappa shape index (κ3) is 3.23. The van der Waals surface area contributed by atoms with Gasteiger partial charge in [0.15, 0.2) is 5.78 Å². The second kappa shape index (κ2) is 6.41. The normalized spacial score (nSPS) is 10.3. The maximum absolute atomic E-state index is 11.8. The van der Waals surface area contributed by atoms with E-state index in [2.05, 4.69) is 12.1 Å². The summed E-state index contributed by atoms with van der Waals surface area (Å²) < 4.78 is 0. The molecular weight excluding hydrogens is 240 g/mol. The molecule has 0 amide bonds. The van der Waals surface area contributed by atoms with Gasteiger partial charge in [-0.3, -0.25) is 4.79 Å². The molecule has 1 nitrogen and oxygen atoms in total. The fraction of sp³-hybridized carbons (Fsp3) is 0.188. The lowest BCUT2D eigenvalue weighted by Gasteiger charge is -2.03. The van der Waals surface area contributed by atoms with Gasteiger partial charge < -0.3 is 0 Å². The van der Waals surface area contributed by atoms with E-state index in [0.717, 1.165) is 16.9 Å². The topological polar surface area (TPSA) is 17.1 Å². The Morgan fingerprint density at radius 2 is 1.56 bits per heavy atom. The molecule has 0 radical (unpaired) electrons. The van der Waals surface area contributed by atoms with Crippen LogP contribution in [0.4, 0.5) is 0 Å². The van der Waals surface area contributed by atoms with E-state index in [1.165, 1.54) is 5.56 Å². The molecule has 0 spiro atoms. The fourth-order valence-electron chi connectivity index (χ4n) is 1.82. The van der Waals surface area contributed by atoms with Crippen LogP contribution in [0.1, 0.15) is 16.8 Å². The quantitative estimate of drug-likeness (QED) is 0.742. The minimum Gasteiger partial charge on any atom is -0.294 e. The van der Waals surface area contributed by atoms with Crippen molar-refractivity contribution >= 4 is 17.5 Å². The van der Waals surface area contributed by atoms with Crippen molar-refractivity contribution in [3.05, 3.63) is 60.2 Å². The summed E-state index contributed by atoms with van der Waals surface area (Å²) in [6.45, 7) is 0. The first-order valence-electron chi connectivity index (χ1n) is 5.99. The largest absolute Gasteiger partial charge is 0.294 e. The highest BCUT2D eigenvalue weighted by molar-refractivity contribution is 7.98. The number of hydrogen-bond donors (Lipinski definition) is 0. The Hall–Kier alpha value is -1.54. The lowest BCUT2D eigenvalue weighted by molar-refractivity contribution is 0.0989. The molecule has 0 saturated heterocycles. The molecule has 0 N–H and O–H groups in total. The smallest absolute Gasteiger partial charge is 0.163 e. The van der Waals surface area contributed by atoms with E-state index in [-0.39, 0.29) is 5.78 Å². The molecule has 2 rings (SSSR count). The highest BCUT2D eigenvalue weighted by atomic mass is 32.2. The van der Waals surface area contributed by atoms with E-state index >= 15 is 0 Å². The summed E-state index contributed by atoms with van der Waals surface area (Å²) in [6.07, 6.45) is 2.64. The monoisotopic (exact) mass is 256 g/mol. The van der Waals surface area contributed by atoms with Crippen LogP contribution in [-0.4, -0.2) is 17.8 Å². The second-order valence-corrected chi connectivity index (χ2v) is 5.09. The van der Waals surface area contributed by atoms with Crippen molar-refractivity contribution in [2.24, 2.45) is 0 Å². The number of thioether (sulfide) groups is 1. The van der Waals surface area contributed by atoms with E-state index in [1.54, 1.807) is 11.8 Å². The van der Waals surface area contributed by atoms with Gasteiger partial charge in [-0.25, -0.2) is 0 Å². The molecule has 92 valence electrons. The van der Waals surface area contributed by atoms with Crippen LogP contribution in [0.5, 0.6) is 0 Å². The first kappa shape index (κ1) is 12.9. The van der Waals surface area contributed by atoms with Crippen molar-refractivity contribution in [1.82, 2.24) is 0 Å². The van der Waals surface area contributed by atoms with Crippen molar-refractivity contribution in [2.45, 2.75) is 6.42 Å². The number of hydrogen-bond acceptors (Lipinski definition) is 2. The molecule has 0 aliphatic rings. The van der Waals surface area contributed by atoms with Crippen LogP contribution in [0.15, 0.2) is 54.6 Å². The first-order chi connectivity index (χ1) is 8.81. The third-order valence-electron chi connectivity index (χ3n) is 2.85. The molecule has 0 bridgehead atoms. The standard InChI is InChI=1S/C16H16OS/c1-18-12-11-16(17)15-9-7-14(8-10-15)13-5-3-2-4-6-13/h2-10H,11-12H2,1H3. The number of benzene rings is 2. The number of Topliss-reactive ketones (excluding diaryl/α,β-unsaturated/α-hetero) is 1. The molecule has 2 heteroatoms. The molecule has 0 aliphatic carbocycles. The molecule has 0 atom stereocenters. The van der Waals surface area contributed by atoms with Crippen molar-refractivity contribution in [3.63, 3.8) is 0 Å². The van der Waals surface area contributed by atoms with E-state index < -0.39 is 0 Å². The van der Waals surface area contributed by atoms with E-state index in [0.29, 0.717) is 6.42 Å². The average Bonchev–Trinajstić information content (AvgIpc) is 2.46.